The van der Waals surface area contributed by atoms with Crippen LogP contribution in [0.3, 0.4) is 0 Å². The highest BCUT2D eigenvalue weighted by molar-refractivity contribution is 7.90. The quantitative estimate of drug-likeness (QED) is 0.187. The van der Waals surface area contributed by atoms with Crippen LogP contribution >= 0.6 is 0 Å². The fourth-order valence-corrected chi connectivity index (χ4v) is 8.44. The molecule has 0 aliphatic carbocycles. The summed E-state index contributed by atoms with van der Waals surface area (Å²) in [6.07, 6.45) is 0. The van der Waals surface area contributed by atoms with Crippen LogP contribution in [0.5, 0.6) is 0 Å². The summed E-state index contributed by atoms with van der Waals surface area (Å²) in [5.41, 5.74) is 3.47. The summed E-state index contributed by atoms with van der Waals surface area (Å²) in [6.45, 7) is 2.04. The van der Waals surface area contributed by atoms with Gasteiger partial charge in [0, 0.05) is 5.69 Å². The van der Waals surface area contributed by atoms with Gasteiger partial charge in [0.1, 0.15) is 18.5 Å². The summed E-state index contributed by atoms with van der Waals surface area (Å²) in [6, 6.07) is 46.7. The molecule has 1 saturated heterocycles. The number of sulfonamides is 1. The van der Waals surface area contributed by atoms with E-state index < -0.39 is 27.4 Å². The summed E-state index contributed by atoms with van der Waals surface area (Å²) in [4.78, 5) is 21.9. The molecule has 3 atom stereocenters. The fraction of sp³-hybridized carbons (Fsp3) is 0.122. The Labute approximate surface area is 285 Å². The van der Waals surface area contributed by atoms with E-state index in [1.807, 2.05) is 134 Å². The maximum atomic E-state index is 15.2. The molecule has 2 heterocycles. The number of amidine groups is 1. The Morgan fingerprint density at radius 1 is 0.755 bits per heavy atom. The Hall–Kier alpha value is -5.57. The van der Waals surface area contributed by atoms with Crippen molar-refractivity contribution in [2.75, 3.05) is 5.32 Å². The van der Waals surface area contributed by atoms with Crippen molar-refractivity contribution in [2.45, 2.75) is 35.8 Å². The van der Waals surface area contributed by atoms with Crippen LogP contribution in [0, 0.1) is 6.92 Å². The topological polar surface area (TPSA) is 88.1 Å². The number of nitrogens with zero attached hydrogens (tertiary/aromatic N) is 2. The SMILES string of the molecule is Cc1ccc(S(=O)(=O)/N=C2\Nc3ccccc3C23C(c2ccccc2)C(=O)N(OCc2ccccc2)C3c2cccc3ccccc23)cc1. The summed E-state index contributed by atoms with van der Waals surface area (Å²) in [5.74, 6) is -1.02. The van der Waals surface area contributed by atoms with E-state index in [0.717, 1.165) is 38.6 Å². The van der Waals surface area contributed by atoms with Crippen LogP contribution < -0.4 is 5.32 Å². The summed E-state index contributed by atoms with van der Waals surface area (Å²) in [5, 5.41) is 6.79. The van der Waals surface area contributed by atoms with Crippen LogP contribution in [0.1, 0.15) is 39.8 Å². The van der Waals surface area contributed by atoms with Crippen LogP contribution in [0.25, 0.3) is 10.8 Å². The number of fused-ring (bicyclic) bond motifs is 3. The molecule has 1 spiro atoms. The van der Waals surface area contributed by atoms with Crippen LogP contribution in [-0.2, 0) is 31.7 Å². The van der Waals surface area contributed by atoms with Crippen molar-refractivity contribution < 1.29 is 18.0 Å². The molecule has 1 fully saturated rings. The number of hydrogen-bond acceptors (Lipinski definition) is 4. The second-order valence-corrected chi connectivity index (χ2v) is 14.1. The highest BCUT2D eigenvalue weighted by Crippen LogP contribution is 2.62. The van der Waals surface area contributed by atoms with Gasteiger partial charge in [-0.3, -0.25) is 9.63 Å². The average Bonchev–Trinajstić information content (AvgIpc) is 3.57. The molecule has 0 saturated carbocycles. The Balaban J connectivity index is 1.45. The molecule has 49 heavy (non-hydrogen) atoms. The molecule has 1 amide bonds. The summed E-state index contributed by atoms with van der Waals surface area (Å²) in [7, 11) is -4.23. The third-order valence-electron chi connectivity index (χ3n) is 9.60. The molecule has 0 aromatic heterocycles. The van der Waals surface area contributed by atoms with Gasteiger partial charge in [-0.05, 0) is 58.1 Å². The molecular formula is C41H33N3O4S. The van der Waals surface area contributed by atoms with Crippen molar-refractivity contribution in [3.63, 3.8) is 0 Å². The van der Waals surface area contributed by atoms with Crippen molar-refractivity contribution in [3.8, 4) is 0 Å². The van der Waals surface area contributed by atoms with E-state index in [1.165, 1.54) is 5.06 Å². The van der Waals surface area contributed by atoms with Crippen molar-refractivity contribution in [3.05, 3.63) is 179 Å². The number of hydroxylamine groups is 2. The Morgan fingerprint density at radius 2 is 1.41 bits per heavy atom. The lowest BCUT2D eigenvalue weighted by Crippen LogP contribution is -2.44. The first-order valence-corrected chi connectivity index (χ1v) is 17.6. The van der Waals surface area contributed by atoms with Gasteiger partial charge in [0.15, 0.2) is 0 Å². The molecule has 3 unspecified atom stereocenters. The minimum Gasteiger partial charge on any atom is -0.342 e. The predicted octanol–water partition coefficient (Wildman–Crippen LogP) is 8.10. The van der Waals surface area contributed by atoms with Gasteiger partial charge in [-0.1, -0.05) is 139 Å². The van der Waals surface area contributed by atoms with Gasteiger partial charge in [-0.25, -0.2) is 5.06 Å². The van der Waals surface area contributed by atoms with E-state index in [-0.39, 0.29) is 23.2 Å². The molecule has 242 valence electrons. The second-order valence-electron chi connectivity index (χ2n) is 12.5. The number of aryl methyl sites for hydroxylation is 1. The van der Waals surface area contributed by atoms with E-state index in [0.29, 0.717) is 5.69 Å². The number of carbonyl (C=O) groups excluding carboxylic acids is 1. The monoisotopic (exact) mass is 663 g/mol. The number of hydrogen-bond donors (Lipinski definition) is 1. The molecular weight excluding hydrogens is 631 g/mol. The zero-order valence-electron chi connectivity index (χ0n) is 26.7. The minimum absolute atomic E-state index is 0.0676. The van der Waals surface area contributed by atoms with Gasteiger partial charge < -0.3 is 5.32 Å². The number of carbonyl (C=O) groups is 1. The maximum absolute atomic E-state index is 15.2. The van der Waals surface area contributed by atoms with Crippen LogP contribution in [0.15, 0.2) is 161 Å². The fourth-order valence-electron chi connectivity index (χ4n) is 7.42. The number of benzene rings is 6. The van der Waals surface area contributed by atoms with Crippen LogP contribution in [-0.4, -0.2) is 25.2 Å². The lowest BCUT2D eigenvalue weighted by Gasteiger charge is -2.37. The molecule has 7 nitrogen and oxygen atoms in total. The van der Waals surface area contributed by atoms with E-state index in [1.54, 1.807) is 24.3 Å². The number of anilines is 1. The number of para-hydroxylation sites is 1. The zero-order chi connectivity index (χ0) is 33.6. The van der Waals surface area contributed by atoms with Gasteiger partial charge in [0.2, 0.25) is 0 Å². The molecule has 2 aliphatic heterocycles. The van der Waals surface area contributed by atoms with E-state index in [4.69, 9.17) is 4.84 Å². The highest BCUT2D eigenvalue weighted by atomic mass is 32.2. The third kappa shape index (κ3) is 5.12. The van der Waals surface area contributed by atoms with Crippen molar-refractivity contribution in [2.24, 2.45) is 4.40 Å². The molecule has 0 radical (unpaired) electrons. The number of nitrogens with one attached hydrogen (secondary N) is 1. The molecule has 6 aromatic carbocycles. The maximum Gasteiger partial charge on any atom is 0.283 e. The minimum atomic E-state index is -4.23. The van der Waals surface area contributed by atoms with Crippen molar-refractivity contribution in [1.82, 2.24) is 5.06 Å². The van der Waals surface area contributed by atoms with Gasteiger partial charge in [-0.15, -0.1) is 4.40 Å². The van der Waals surface area contributed by atoms with E-state index in [9.17, 15) is 8.42 Å². The Bertz CT molecular complexity index is 2320. The standard InChI is InChI=1S/C41H33N3O4S/c1-28-23-25-32(26-24-28)49(46,47)43-40-41(35-21-10-11-22-36(35)42-40)37(31-16-6-3-7-17-31)39(45)44(48-27-29-13-4-2-5-14-29)38(41)34-20-12-18-30-15-8-9-19-33(30)34/h2-26,37-38H,27H2,1H3,(H,42,43). The van der Waals surface area contributed by atoms with Gasteiger partial charge >= 0.3 is 0 Å². The molecule has 8 heteroatoms. The first-order chi connectivity index (χ1) is 23.9. The molecule has 0 bridgehead atoms. The van der Waals surface area contributed by atoms with E-state index >= 15 is 4.79 Å². The van der Waals surface area contributed by atoms with Crippen LogP contribution in [0.4, 0.5) is 5.69 Å². The van der Waals surface area contributed by atoms with Gasteiger partial charge in [-0.2, -0.15) is 8.42 Å². The lowest BCUT2D eigenvalue weighted by atomic mass is 9.64. The third-order valence-corrected chi connectivity index (χ3v) is 10.9. The molecule has 1 N–H and O–H groups in total. The Kier molecular flexibility index (Phi) is 7.62. The smallest absolute Gasteiger partial charge is 0.283 e. The average molecular weight is 664 g/mol. The molecule has 2 aliphatic rings. The zero-order valence-corrected chi connectivity index (χ0v) is 27.5. The molecule has 6 aromatic rings. The largest absolute Gasteiger partial charge is 0.342 e. The predicted molar refractivity (Wildman–Crippen MR) is 191 cm³/mol. The van der Waals surface area contributed by atoms with E-state index in [2.05, 4.69) is 9.71 Å². The summed E-state index contributed by atoms with van der Waals surface area (Å²) < 4.78 is 33.0. The number of rotatable bonds is 7. The van der Waals surface area contributed by atoms with Gasteiger partial charge in [0.25, 0.3) is 15.9 Å². The number of amides is 1. The first kappa shape index (κ1) is 30.7. The Morgan fingerprint density at radius 3 is 2.18 bits per heavy atom. The second kappa shape index (κ2) is 12.1. The summed E-state index contributed by atoms with van der Waals surface area (Å²) >= 11 is 0. The van der Waals surface area contributed by atoms with Gasteiger partial charge in [0.05, 0.1) is 16.2 Å². The lowest BCUT2D eigenvalue weighted by molar-refractivity contribution is -0.197. The van der Waals surface area contributed by atoms with Crippen molar-refractivity contribution >= 4 is 38.2 Å². The molecule has 8 rings (SSSR count). The highest BCUT2D eigenvalue weighted by Gasteiger charge is 2.68. The van der Waals surface area contributed by atoms with Crippen molar-refractivity contribution in [1.29, 1.82) is 0 Å². The van der Waals surface area contributed by atoms with Crippen LogP contribution in [0.2, 0.25) is 0 Å². The normalized spacial score (nSPS) is 21.0. The first-order valence-electron chi connectivity index (χ1n) is 16.2.